The Balaban J connectivity index is 1.16. The van der Waals surface area contributed by atoms with Crippen molar-refractivity contribution in [2.75, 3.05) is 9.80 Å². The maximum Gasteiger partial charge on any atom is 0.252 e. The number of rotatable bonds is 5. The molecular weight excluding hydrogens is 944 g/mol. The summed E-state index contributed by atoms with van der Waals surface area (Å²) >= 11 is 0. The van der Waals surface area contributed by atoms with Crippen molar-refractivity contribution in [3.63, 3.8) is 0 Å². The molecular formula is C73H79BN4. The second-order valence-electron chi connectivity index (χ2n) is 28.5. The highest BCUT2D eigenvalue weighted by Gasteiger charge is 2.46. The Hall–Kier alpha value is -7.11. The van der Waals surface area contributed by atoms with Gasteiger partial charge in [-0.05, 0) is 173 Å². The van der Waals surface area contributed by atoms with Crippen LogP contribution in [0.2, 0.25) is 0 Å². The van der Waals surface area contributed by atoms with Crippen LogP contribution in [0.15, 0.2) is 164 Å². The van der Waals surface area contributed by atoms with Crippen LogP contribution in [-0.4, -0.2) is 16.3 Å². The molecule has 5 heteroatoms. The summed E-state index contributed by atoms with van der Waals surface area (Å²) in [6, 6.07) is 63.2. The summed E-state index contributed by atoms with van der Waals surface area (Å²) in [5.74, 6) is 0.926. The summed E-state index contributed by atoms with van der Waals surface area (Å²) in [4.78, 5) is 11.0. The molecule has 0 N–H and O–H groups in total. The molecule has 0 fully saturated rings. The van der Waals surface area contributed by atoms with Gasteiger partial charge in [-0.25, -0.2) is 4.98 Å². The van der Waals surface area contributed by atoms with Gasteiger partial charge in [0.2, 0.25) is 0 Å². The fourth-order valence-electron chi connectivity index (χ4n) is 12.9. The van der Waals surface area contributed by atoms with Crippen molar-refractivity contribution in [1.29, 1.82) is 0 Å². The van der Waals surface area contributed by atoms with E-state index < -0.39 is 0 Å². The molecule has 0 saturated heterocycles. The van der Waals surface area contributed by atoms with E-state index in [-0.39, 0.29) is 39.2 Å². The first-order valence-corrected chi connectivity index (χ1v) is 28.7. The Labute approximate surface area is 466 Å². The predicted octanol–water partition coefficient (Wildman–Crippen LogP) is 18.0. The van der Waals surface area contributed by atoms with E-state index in [1.165, 1.54) is 101 Å². The van der Waals surface area contributed by atoms with Crippen LogP contribution in [0, 0.1) is 0 Å². The molecule has 0 amide bonds. The van der Waals surface area contributed by atoms with Crippen LogP contribution in [0.5, 0.6) is 0 Å². The fourth-order valence-corrected chi connectivity index (χ4v) is 12.9. The quantitative estimate of drug-likeness (QED) is 0.161. The number of fused-ring (bicyclic) bond motifs is 6. The summed E-state index contributed by atoms with van der Waals surface area (Å²) < 4.78 is 2.40. The zero-order valence-electron chi connectivity index (χ0n) is 49.4. The molecule has 78 heavy (non-hydrogen) atoms. The van der Waals surface area contributed by atoms with Crippen LogP contribution in [0.25, 0.3) is 39.2 Å². The Kier molecular flexibility index (Phi) is 11.7. The number of nitrogens with zero attached hydrogens (tertiary/aromatic N) is 4. The van der Waals surface area contributed by atoms with Crippen molar-refractivity contribution in [2.45, 2.75) is 156 Å². The van der Waals surface area contributed by atoms with Crippen molar-refractivity contribution >= 4 is 68.3 Å². The predicted molar refractivity (Wildman–Crippen MR) is 336 cm³/mol. The second kappa shape index (κ2) is 17.7. The topological polar surface area (TPSA) is 24.3 Å². The summed E-state index contributed by atoms with van der Waals surface area (Å²) in [6.07, 6.45) is 2.31. The lowest BCUT2D eigenvalue weighted by Crippen LogP contribution is -2.61. The zero-order valence-corrected chi connectivity index (χ0v) is 49.4. The van der Waals surface area contributed by atoms with Gasteiger partial charge in [0.15, 0.2) is 0 Å². The molecule has 0 saturated carbocycles. The highest BCUT2D eigenvalue weighted by atomic mass is 15.2. The Morgan fingerprint density at radius 3 is 1.46 bits per heavy atom. The SMILES string of the molecule is CC(C)(C)c1ccc(-c2ccc(-c3nc4cc5c(cc4n3-c3ccccc3)N(c3ccc4c(c3)C(C)(C)CCC4(C)C)c3cc(C(C)(C)C)cc4c3B5c3cc(C(C)(C)C)ccc3N4c3ccc(C(C)(C)C)cc3)cc2)cc1. The second-order valence-corrected chi connectivity index (χ2v) is 28.5. The lowest BCUT2D eigenvalue weighted by Gasteiger charge is -2.46. The van der Waals surface area contributed by atoms with Gasteiger partial charge >= 0.3 is 0 Å². The molecule has 0 atom stereocenters. The van der Waals surface area contributed by atoms with E-state index >= 15 is 0 Å². The summed E-state index contributed by atoms with van der Waals surface area (Å²) in [7, 11) is 0. The number of para-hydroxylation sites is 1. The number of hydrogen-bond donors (Lipinski definition) is 0. The summed E-state index contributed by atoms with van der Waals surface area (Å²) in [5, 5.41) is 0. The largest absolute Gasteiger partial charge is 0.311 e. The van der Waals surface area contributed by atoms with E-state index in [1.807, 2.05) is 0 Å². The molecule has 0 radical (unpaired) electrons. The molecule has 4 nitrogen and oxygen atoms in total. The van der Waals surface area contributed by atoms with Gasteiger partial charge < -0.3 is 9.80 Å². The van der Waals surface area contributed by atoms with Gasteiger partial charge in [0.05, 0.1) is 11.0 Å². The minimum absolute atomic E-state index is 0.0171. The van der Waals surface area contributed by atoms with Crippen LogP contribution in [0.1, 0.15) is 157 Å². The van der Waals surface area contributed by atoms with E-state index in [0.717, 1.165) is 34.5 Å². The molecule has 394 valence electrons. The third-order valence-electron chi connectivity index (χ3n) is 17.9. The highest BCUT2D eigenvalue weighted by molar-refractivity contribution is 7.00. The van der Waals surface area contributed by atoms with Gasteiger partial charge in [-0.3, -0.25) is 4.57 Å². The third kappa shape index (κ3) is 8.62. The average Bonchev–Trinajstić information content (AvgIpc) is 3.09. The van der Waals surface area contributed by atoms with E-state index in [4.69, 9.17) is 4.98 Å². The summed E-state index contributed by atoms with van der Waals surface area (Å²) in [5.41, 5.74) is 26.0. The number of imidazole rings is 1. The van der Waals surface area contributed by atoms with Crippen molar-refractivity contribution < 1.29 is 0 Å². The molecule has 9 aromatic rings. The molecule has 3 aliphatic rings. The highest BCUT2D eigenvalue weighted by Crippen LogP contribution is 2.51. The van der Waals surface area contributed by atoms with Crippen LogP contribution < -0.4 is 26.2 Å². The Morgan fingerprint density at radius 1 is 0.397 bits per heavy atom. The maximum atomic E-state index is 5.75. The fraction of sp³-hybridized carbons (Fsp3) is 0.329. The molecule has 12 rings (SSSR count). The standard InChI is InChI=1S/C73H79BN4/c1-68(2,3)49-28-26-47(27-29-49)46-22-24-48(25-23-46)67-75-60-44-59-62(45-63(60)78(67)53-20-18-17-19-21-53)77(55-35-36-56-57(43-55)73(15,16)39-38-72(56,13)14)65-42-52(71(10,11)12)41-64-66(65)74(59)58-40-51(70(7,8)9)32-37-61(58)76(64)54-33-30-50(31-34-54)69(4,5)6/h17-37,40-45H,38-39H2,1-16H3. The van der Waals surface area contributed by atoms with Gasteiger partial charge in [0.1, 0.15) is 5.82 Å². The number of hydrogen-bond acceptors (Lipinski definition) is 3. The third-order valence-corrected chi connectivity index (χ3v) is 17.9. The minimum Gasteiger partial charge on any atom is -0.311 e. The molecule has 0 bridgehead atoms. The van der Waals surface area contributed by atoms with Crippen molar-refractivity contribution in [3.8, 4) is 28.2 Å². The van der Waals surface area contributed by atoms with Gasteiger partial charge in [0.25, 0.3) is 6.71 Å². The Bertz CT molecular complexity index is 3810. The van der Waals surface area contributed by atoms with E-state index in [0.29, 0.717) is 0 Å². The minimum atomic E-state index is -0.150. The molecule has 3 heterocycles. The van der Waals surface area contributed by atoms with Crippen molar-refractivity contribution in [3.05, 3.63) is 197 Å². The first-order valence-electron chi connectivity index (χ1n) is 28.7. The number of aromatic nitrogens is 2. The smallest absolute Gasteiger partial charge is 0.252 e. The van der Waals surface area contributed by atoms with Crippen LogP contribution in [-0.2, 0) is 32.5 Å². The monoisotopic (exact) mass is 1020 g/mol. The molecule has 1 aliphatic carbocycles. The average molecular weight is 1020 g/mol. The van der Waals surface area contributed by atoms with Gasteiger partial charge in [-0.1, -0.05) is 208 Å². The van der Waals surface area contributed by atoms with E-state index in [9.17, 15) is 0 Å². The van der Waals surface area contributed by atoms with Gasteiger partial charge in [-0.2, -0.15) is 0 Å². The molecule has 8 aromatic carbocycles. The normalized spacial score (nSPS) is 15.7. The lowest BCUT2D eigenvalue weighted by molar-refractivity contribution is 0.332. The van der Waals surface area contributed by atoms with Gasteiger partial charge in [0, 0.05) is 45.4 Å². The molecule has 1 aromatic heterocycles. The lowest BCUT2D eigenvalue weighted by atomic mass is 9.33. The van der Waals surface area contributed by atoms with Crippen LogP contribution in [0.3, 0.4) is 0 Å². The first-order chi connectivity index (χ1) is 36.7. The molecule has 0 unspecified atom stereocenters. The first kappa shape index (κ1) is 51.6. The number of benzene rings is 8. The van der Waals surface area contributed by atoms with E-state index in [2.05, 4.69) is 289 Å². The summed E-state index contributed by atoms with van der Waals surface area (Å²) in [6.45, 7) is 37.6. The zero-order chi connectivity index (χ0) is 55.2. The van der Waals surface area contributed by atoms with Crippen molar-refractivity contribution in [2.24, 2.45) is 0 Å². The van der Waals surface area contributed by atoms with E-state index in [1.54, 1.807) is 0 Å². The van der Waals surface area contributed by atoms with Gasteiger partial charge in [-0.15, -0.1) is 0 Å². The number of anilines is 6. The van der Waals surface area contributed by atoms with Crippen molar-refractivity contribution in [1.82, 2.24) is 9.55 Å². The molecule has 2 aliphatic heterocycles. The molecule has 0 spiro atoms. The van der Waals surface area contributed by atoms with Crippen LogP contribution in [0.4, 0.5) is 34.1 Å². The Morgan fingerprint density at radius 2 is 0.885 bits per heavy atom. The van der Waals surface area contributed by atoms with Crippen LogP contribution >= 0.6 is 0 Å². The maximum absolute atomic E-state index is 5.75.